The molecule has 2 nitrogen and oxygen atoms in total. The summed E-state index contributed by atoms with van der Waals surface area (Å²) in [6.45, 7) is 3.64. The highest BCUT2D eigenvalue weighted by Crippen LogP contribution is 2.08. The van der Waals surface area contributed by atoms with Crippen molar-refractivity contribution in [3.8, 4) is 0 Å². The monoisotopic (exact) mass is 229 g/mol. The van der Waals surface area contributed by atoms with Gasteiger partial charge < -0.3 is 5.32 Å². The maximum atomic E-state index is 12.6. The van der Waals surface area contributed by atoms with E-state index in [4.69, 9.17) is 11.6 Å². The standard InChI is InChI=1S/C11H13ClFNO/c1-11(2,7-12)14-10(15)8-3-5-9(13)6-4-8/h3-6H,7H2,1-2H3,(H,14,15). The zero-order chi connectivity index (χ0) is 11.5. The molecule has 0 aliphatic heterocycles. The summed E-state index contributed by atoms with van der Waals surface area (Å²) in [6, 6.07) is 5.38. The van der Waals surface area contributed by atoms with Gasteiger partial charge in [-0.2, -0.15) is 0 Å². The number of nitrogens with one attached hydrogen (secondary N) is 1. The molecule has 1 aromatic rings. The fourth-order valence-corrected chi connectivity index (χ4v) is 1.08. The van der Waals surface area contributed by atoms with Crippen LogP contribution in [0.3, 0.4) is 0 Å². The Labute approximate surface area is 93.4 Å². The minimum absolute atomic E-state index is 0.249. The number of alkyl halides is 1. The second-order valence-electron chi connectivity index (χ2n) is 3.98. The predicted molar refractivity (Wildman–Crippen MR) is 58.7 cm³/mol. The van der Waals surface area contributed by atoms with Crippen molar-refractivity contribution in [3.05, 3.63) is 35.6 Å². The number of benzene rings is 1. The third-order valence-corrected chi connectivity index (χ3v) is 2.56. The Bertz CT molecular complexity index is 348. The second-order valence-corrected chi connectivity index (χ2v) is 4.25. The molecular weight excluding hydrogens is 217 g/mol. The molecule has 0 saturated heterocycles. The van der Waals surface area contributed by atoms with Crippen LogP contribution >= 0.6 is 11.6 Å². The van der Waals surface area contributed by atoms with Gasteiger partial charge in [-0.1, -0.05) is 0 Å². The summed E-state index contributed by atoms with van der Waals surface area (Å²) in [5.74, 6) is -0.288. The van der Waals surface area contributed by atoms with Crippen molar-refractivity contribution in [2.75, 3.05) is 5.88 Å². The molecule has 0 aromatic heterocycles. The van der Waals surface area contributed by atoms with Crippen LogP contribution in [0, 0.1) is 5.82 Å². The van der Waals surface area contributed by atoms with E-state index in [-0.39, 0.29) is 11.7 Å². The molecule has 4 heteroatoms. The zero-order valence-electron chi connectivity index (χ0n) is 8.68. The maximum Gasteiger partial charge on any atom is 0.251 e. The van der Waals surface area contributed by atoms with Crippen molar-refractivity contribution in [3.63, 3.8) is 0 Å². The predicted octanol–water partition coefficient (Wildman–Crippen LogP) is 2.57. The van der Waals surface area contributed by atoms with Crippen LogP contribution in [-0.2, 0) is 0 Å². The van der Waals surface area contributed by atoms with E-state index in [9.17, 15) is 9.18 Å². The highest BCUT2D eigenvalue weighted by atomic mass is 35.5. The van der Waals surface area contributed by atoms with E-state index in [0.717, 1.165) is 0 Å². The van der Waals surface area contributed by atoms with Gasteiger partial charge in [-0.05, 0) is 38.1 Å². The summed E-state index contributed by atoms with van der Waals surface area (Å²) in [5, 5.41) is 2.75. The molecule has 82 valence electrons. The first kappa shape index (κ1) is 12.0. The molecule has 1 N–H and O–H groups in total. The van der Waals surface area contributed by atoms with E-state index in [1.54, 1.807) is 0 Å². The second kappa shape index (κ2) is 4.62. The summed E-state index contributed by atoms with van der Waals surface area (Å²) < 4.78 is 12.6. The summed E-state index contributed by atoms with van der Waals surface area (Å²) in [7, 11) is 0. The number of halogens is 2. The van der Waals surface area contributed by atoms with Crippen LogP contribution in [0.4, 0.5) is 4.39 Å². The van der Waals surface area contributed by atoms with E-state index < -0.39 is 5.54 Å². The Balaban J connectivity index is 2.74. The van der Waals surface area contributed by atoms with Crippen LogP contribution in [0.1, 0.15) is 24.2 Å². The quantitative estimate of drug-likeness (QED) is 0.793. The van der Waals surface area contributed by atoms with Gasteiger partial charge in [0, 0.05) is 17.0 Å². The molecule has 1 aromatic carbocycles. The third-order valence-electron chi connectivity index (χ3n) is 1.89. The van der Waals surface area contributed by atoms with E-state index in [1.165, 1.54) is 24.3 Å². The van der Waals surface area contributed by atoms with E-state index in [0.29, 0.717) is 11.4 Å². The third kappa shape index (κ3) is 3.51. The van der Waals surface area contributed by atoms with Crippen LogP contribution in [-0.4, -0.2) is 17.3 Å². The molecule has 0 spiro atoms. The first-order valence-corrected chi connectivity index (χ1v) is 5.12. The van der Waals surface area contributed by atoms with Crippen LogP contribution in [0.15, 0.2) is 24.3 Å². The van der Waals surface area contributed by atoms with Crippen molar-refractivity contribution in [1.82, 2.24) is 5.32 Å². The molecular formula is C11H13ClFNO. The topological polar surface area (TPSA) is 29.1 Å². The number of rotatable bonds is 3. The number of carbonyl (C=O) groups is 1. The van der Waals surface area contributed by atoms with E-state index in [1.807, 2.05) is 13.8 Å². The minimum Gasteiger partial charge on any atom is -0.346 e. The average molecular weight is 230 g/mol. The first-order chi connectivity index (χ1) is 6.94. The van der Waals surface area contributed by atoms with Crippen molar-refractivity contribution >= 4 is 17.5 Å². The lowest BCUT2D eigenvalue weighted by Gasteiger charge is -2.23. The zero-order valence-corrected chi connectivity index (χ0v) is 9.44. The molecule has 0 fully saturated rings. The number of carbonyl (C=O) groups excluding carboxylic acids is 1. The molecule has 1 amide bonds. The van der Waals surface area contributed by atoms with Gasteiger partial charge in [0.1, 0.15) is 5.82 Å². The lowest BCUT2D eigenvalue weighted by atomic mass is 10.1. The van der Waals surface area contributed by atoms with E-state index in [2.05, 4.69) is 5.32 Å². The molecule has 0 saturated carbocycles. The van der Waals surface area contributed by atoms with E-state index >= 15 is 0 Å². The van der Waals surface area contributed by atoms with Crippen LogP contribution in [0.2, 0.25) is 0 Å². The fourth-order valence-electron chi connectivity index (χ4n) is 1.01. The Hall–Kier alpha value is -1.09. The fraction of sp³-hybridized carbons (Fsp3) is 0.364. The largest absolute Gasteiger partial charge is 0.346 e. The highest BCUT2D eigenvalue weighted by molar-refractivity contribution is 6.18. The Morgan fingerprint density at radius 3 is 2.40 bits per heavy atom. The molecule has 15 heavy (non-hydrogen) atoms. The van der Waals surface area contributed by atoms with Gasteiger partial charge >= 0.3 is 0 Å². The van der Waals surface area contributed by atoms with Crippen molar-refractivity contribution in [2.24, 2.45) is 0 Å². The van der Waals surface area contributed by atoms with Gasteiger partial charge in [0.15, 0.2) is 0 Å². The molecule has 0 unspecified atom stereocenters. The average Bonchev–Trinajstić information content (AvgIpc) is 2.18. The molecule has 0 aliphatic rings. The Morgan fingerprint density at radius 2 is 1.93 bits per heavy atom. The highest BCUT2D eigenvalue weighted by Gasteiger charge is 2.19. The molecule has 0 atom stereocenters. The summed E-state index contributed by atoms with van der Waals surface area (Å²) >= 11 is 5.68. The molecule has 0 radical (unpaired) electrons. The summed E-state index contributed by atoms with van der Waals surface area (Å²) in [6.07, 6.45) is 0. The van der Waals surface area contributed by atoms with Crippen LogP contribution in [0.25, 0.3) is 0 Å². The van der Waals surface area contributed by atoms with Gasteiger partial charge in [-0.3, -0.25) is 4.79 Å². The van der Waals surface area contributed by atoms with Crippen LogP contribution in [0.5, 0.6) is 0 Å². The minimum atomic E-state index is -0.465. The van der Waals surface area contributed by atoms with Crippen molar-refractivity contribution in [1.29, 1.82) is 0 Å². The number of hydrogen-bond acceptors (Lipinski definition) is 1. The van der Waals surface area contributed by atoms with Crippen LogP contribution < -0.4 is 5.32 Å². The lowest BCUT2D eigenvalue weighted by molar-refractivity contribution is 0.0920. The van der Waals surface area contributed by atoms with Gasteiger partial charge in [-0.15, -0.1) is 11.6 Å². The van der Waals surface area contributed by atoms with Crippen molar-refractivity contribution in [2.45, 2.75) is 19.4 Å². The molecule has 0 bridgehead atoms. The van der Waals surface area contributed by atoms with Crippen molar-refractivity contribution < 1.29 is 9.18 Å². The lowest BCUT2D eigenvalue weighted by Crippen LogP contribution is -2.44. The van der Waals surface area contributed by atoms with Gasteiger partial charge in [0.25, 0.3) is 5.91 Å². The maximum absolute atomic E-state index is 12.6. The molecule has 1 rings (SSSR count). The molecule has 0 heterocycles. The van der Waals surface area contributed by atoms with Gasteiger partial charge in [0.05, 0.1) is 0 Å². The number of hydrogen-bond donors (Lipinski definition) is 1. The van der Waals surface area contributed by atoms with Gasteiger partial charge in [-0.25, -0.2) is 4.39 Å². The summed E-state index contributed by atoms with van der Waals surface area (Å²) in [4.78, 5) is 11.6. The first-order valence-electron chi connectivity index (χ1n) is 4.59. The molecule has 0 aliphatic carbocycles. The number of amides is 1. The SMILES string of the molecule is CC(C)(CCl)NC(=O)c1ccc(F)cc1. The Kier molecular flexibility index (Phi) is 3.69. The Morgan fingerprint density at radius 1 is 1.40 bits per heavy atom. The summed E-state index contributed by atoms with van der Waals surface area (Å²) in [5.41, 5.74) is -0.0397. The normalized spacial score (nSPS) is 11.2. The smallest absolute Gasteiger partial charge is 0.251 e. The van der Waals surface area contributed by atoms with Gasteiger partial charge in [0.2, 0.25) is 0 Å².